The summed E-state index contributed by atoms with van der Waals surface area (Å²) < 4.78 is 13.5. The number of thioether (sulfide) groups is 1. The molecule has 0 aromatic heterocycles. The summed E-state index contributed by atoms with van der Waals surface area (Å²) in [6.45, 7) is 10.6. The molecule has 4 heteroatoms. The highest BCUT2D eigenvalue weighted by molar-refractivity contribution is 7.98. The minimum absolute atomic E-state index is 0.108. The van der Waals surface area contributed by atoms with Crippen molar-refractivity contribution >= 4 is 34.3 Å². The van der Waals surface area contributed by atoms with E-state index < -0.39 is 5.60 Å². The normalized spacial score (nSPS) is 23.6. The third-order valence-corrected chi connectivity index (χ3v) is 12.3. The van der Waals surface area contributed by atoms with Crippen LogP contribution in [0.2, 0.25) is 0 Å². The molecule has 0 spiro atoms. The summed E-state index contributed by atoms with van der Waals surface area (Å²) >= 11 is 1.83. The predicted molar refractivity (Wildman–Crippen MR) is 199 cm³/mol. The summed E-state index contributed by atoms with van der Waals surface area (Å²) in [6.07, 6.45) is 17.9. The van der Waals surface area contributed by atoms with Crippen molar-refractivity contribution < 1.29 is 9.47 Å². The topological polar surface area (TPSA) is 21.7 Å². The predicted octanol–water partition coefficient (Wildman–Crippen LogP) is 10.7. The van der Waals surface area contributed by atoms with Crippen molar-refractivity contribution in [3.63, 3.8) is 0 Å². The quantitative estimate of drug-likeness (QED) is 0.188. The molecule has 0 amide bonds. The van der Waals surface area contributed by atoms with Crippen molar-refractivity contribution in [1.82, 2.24) is 0 Å². The Morgan fingerprint density at radius 3 is 2.47 bits per heavy atom. The number of anilines is 1. The van der Waals surface area contributed by atoms with Crippen molar-refractivity contribution in [3.05, 3.63) is 119 Å². The Bertz CT molecular complexity index is 1930. The Morgan fingerprint density at radius 2 is 1.74 bits per heavy atom. The minimum atomic E-state index is -0.667. The van der Waals surface area contributed by atoms with E-state index in [-0.39, 0.29) is 5.41 Å². The molecule has 1 fully saturated rings. The molecule has 3 unspecified atom stereocenters. The molecule has 3 nitrogen and oxygen atoms in total. The van der Waals surface area contributed by atoms with Crippen LogP contribution < -0.4 is 9.64 Å². The lowest BCUT2D eigenvalue weighted by Gasteiger charge is -2.42. The first-order valence-electron chi connectivity index (χ1n) is 17.5. The van der Waals surface area contributed by atoms with Gasteiger partial charge in [-0.2, -0.15) is 0 Å². The van der Waals surface area contributed by atoms with Gasteiger partial charge < -0.3 is 14.4 Å². The maximum atomic E-state index is 7.69. The molecule has 0 bridgehead atoms. The highest BCUT2D eigenvalue weighted by atomic mass is 32.2. The largest absolute Gasteiger partial charge is 0.473 e. The number of hydrogen-bond acceptors (Lipinski definition) is 4. The number of nitrogens with zero attached hydrogens (tertiary/aromatic N) is 1. The van der Waals surface area contributed by atoms with E-state index in [0.29, 0.717) is 5.92 Å². The van der Waals surface area contributed by atoms with Gasteiger partial charge in [0, 0.05) is 39.9 Å². The van der Waals surface area contributed by atoms with E-state index in [1.54, 1.807) is 0 Å². The molecule has 0 N–H and O–H groups in total. The summed E-state index contributed by atoms with van der Waals surface area (Å²) in [4.78, 5) is 3.82. The third kappa shape index (κ3) is 4.51. The lowest BCUT2D eigenvalue weighted by atomic mass is 9.64. The Kier molecular flexibility index (Phi) is 7.85. The molecular formula is C43H45NO2S. The maximum Gasteiger partial charge on any atom is 0.174 e. The molecule has 0 radical (unpaired) electrons. The van der Waals surface area contributed by atoms with Gasteiger partial charge in [-0.15, -0.1) is 11.8 Å². The average Bonchev–Trinajstić information content (AvgIpc) is 3.46. The molecule has 1 saturated heterocycles. The van der Waals surface area contributed by atoms with Crippen LogP contribution in [0, 0.1) is 5.92 Å². The first-order valence-corrected chi connectivity index (χ1v) is 18.7. The molecule has 4 aromatic rings. The number of ether oxygens (including phenoxy) is 2. The highest BCUT2D eigenvalue weighted by Gasteiger charge is 2.50. The van der Waals surface area contributed by atoms with Crippen LogP contribution in [0.3, 0.4) is 0 Å². The number of hydrogen-bond donors (Lipinski definition) is 0. The molecule has 240 valence electrons. The lowest BCUT2D eigenvalue weighted by molar-refractivity contribution is 0.122. The van der Waals surface area contributed by atoms with E-state index in [0.717, 1.165) is 57.7 Å². The Morgan fingerprint density at radius 1 is 0.957 bits per heavy atom. The second kappa shape index (κ2) is 12.1. The first-order chi connectivity index (χ1) is 23.1. The molecule has 4 aliphatic rings. The van der Waals surface area contributed by atoms with Crippen LogP contribution >= 0.6 is 11.8 Å². The van der Waals surface area contributed by atoms with Gasteiger partial charge in [0.05, 0.1) is 18.9 Å². The summed E-state index contributed by atoms with van der Waals surface area (Å²) in [5, 5.41) is 2.52. The Labute approximate surface area is 284 Å². The Balaban J connectivity index is 1.50. The van der Waals surface area contributed by atoms with E-state index in [4.69, 9.17) is 9.47 Å². The number of morpholine rings is 1. The van der Waals surface area contributed by atoms with Gasteiger partial charge in [0.25, 0.3) is 0 Å². The van der Waals surface area contributed by atoms with Gasteiger partial charge in [-0.3, -0.25) is 0 Å². The third-order valence-electron chi connectivity index (χ3n) is 11.5. The maximum absolute atomic E-state index is 7.69. The SMILES string of the molecule is CCC(C)C1(CC)c2ccccc2-c2c1c1c(c3cc(SC)c(N4CCOCC4)cc23)OC(C2=CC=CCC2)(c2ccccc2)C=C1. The van der Waals surface area contributed by atoms with Crippen molar-refractivity contribution in [3.8, 4) is 16.9 Å². The summed E-state index contributed by atoms with van der Waals surface area (Å²) in [6, 6.07) is 25.0. The molecule has 2 aliphatic carbocycles. The number of rotatable bonds is 7. The summed E-state index contributed by atoms with van der Waals surface area (Å²) in [7, 11) is 0. The van der Waals surface area contributed by atoms with Crippen LogP contribution in [0.25, 0.3) is 28.0 Å². The molecule has 0 saturated carbocycles. The van der Waals surface area contributed by atoms with Crippen molar-refractivity contribution in [2.45, 2.75) is 62.4 Å². The van der Waals surface area contributed by atoms with Crippen LogP contribution in [0.15, 0.2) is 102 Å². The summed E-state index contributed by atoms with van der Waals surface area (Å²) in [5.41, 5.74) is 10.00. The highest BCUT2D eigenvalue weighted by Crippen LogP contribution is 2.62. The lowest BCUT2D eigenvalue weighted by Crippen LogP contribution is -2.37. The molecule has 2 aliphatic heterocycles. The number of allylic oxidation sites excluding steroid dienone is 3. The van der Waals surface area contributed by atoms with Crippen LogP contribution in [0.5, 0.6) is 5.75 Å². The molecule has 2 heterocycles. The van der Waals surface area contributed by atoms with Crippen LogP contribution in [-0.4, -0.2) is 32.6 Å². The van der Waals surface area contributed by atoms with E-state index >= 15 is 0 Å². The molecular weight excluding hydrogens is 595 g/mol. The van der Waals surface area contributed by atoms with E-state index in [1.165, 1.54) is 60.3 Å². The fourth-order valence-electron chi connectivity index (χ4n) is 9.03. The molecule has 8 rings (SSSR count). The smallest absolute Gasteiger partial charge is 0.174 e. The molecule has 4 aromatic carbocycles. The second-order valence-corrected chi connectivity index (χ2v) is 14.4. The molecule has 3 atom stereocenters. The van der Waals surface area contributed by atoms with Crippen LogP contribution in [0.1, 0.15) is 68.7 Å². The fraction of sp³-hybridized carbons (Fsp3) is 0.349. The average molecular weight is 640 g/mol. The van der Waals surface area contributed by atoms with Crippen LogP contribution in [-0.2, 0) is 15.8 Å². The fourth-order valence-corrected chi connectivity index (χ4v) is 9.66. The minimum Gasteiger partial charge on any atom is -0.473 e. The van der Waals surface area contributed by atoms with Gasteiger partial charge in [0.15, 0.2) is 5.60 Å². The van der Waals surface area contributed by atoms with Gasteiger partial charge >= 0.3 is 0 Å². The standard InChI is InChI=1S/C43H45NO2S/c1-5-29(3)42(6-2)36-20-14-13-19-32(36)39-34-27-37(44-23-25-45-26-24-44)38(47-4)28-35(34)41-33(40(39)42)21-22-43(46-41,30-15-9-7-10-16-30)31-17-11-8-12-18-31/h7-11,13-17,19-22,27-29H,5-6,12,18,23-26H2,1-4H3. The van der Waals surface area contributed by atoms with Gasteiger partial charge in [0.1, 0.15) is 5.75 Å². The zero-order valence-corrected chi connectivity index (χ0v) is 29.0. The van der Waals surface area contributed by atoms with Gasteiger partial charge in [-0.05, 0) is 82.9 Å². The number of fused-ring (bicyclic) bond motifs is 8. The van der Waals surface area contributed by atoms with E-state index in [9.17, 15) is 0 Å². The monoisotopic (exact) mass is 639 g/mol. The molecule has 47 heavy (non-hydrogen) atoms. The van der Waals surface area contributed by atoms with E-state index in [1.807, 2.05) is 11.8 Å². The van der Waals surface area contributed by atoms with E-state index in [2.05, 4.69) is 129 Å². The second-order valence-electron chi connectivity index (χ2n) is 13.5. The van der Waals surface area contributed by atoms with Crippen molar-refractivity contribution in [2.75, 3.05) is 37.5 Å². The van der Waals surface area contributed by atoms with Gasteiger partial charge in [-0.1, -0.05) is 106 Å². The summed E-state index contributed by atoms with van der Waals surface area (Å²) in [5.74, 6) is 1.49. The zero-order valence-electron chi connectivity index (χ0n) is 28.1. The van der Waals surface area contributed by atoms with Gasteiger partial charge in [-0.25, -0.2) is 0 Å². The van der Waals surface area contributed by atoms with Gasteiger partial charge in [0.2, 0.25) is 0 Å². The Hall–Kier alpha value is -3.73. The zero-order chi connectivity index (χ0) is 32.2. The van der Waals surface area contributed by atoms with Crippen molar-refractivity contribution in [2.24, 2.45) is 5.92 Å². The van der Waals surface area contributed by atoms with Crippen LogP contribution in [0.4, 0.5) is 5.69 Å². The van der Waals surface area contributed by atoms with Crippen molar-refractivity contribution in [1.29, 1.82) is 0 Å². The number of benzene rings is 4. The first kappa shape index (κ1) is 30.6.